The van der Waals surface area contributed by atoms with E-state index in [9.17, 15) is 22.0 Å². The fourth-order valence-electron chi connectivity index (χ4n) is 1.56. The molecular formula is C12H9ClF2N2O4S2. The van der Waals surface area contributed by atoms with E-state index in [0.717, 1.165) is 17.4 Å². The smallest absolute Gasteiger partial charge is 0.387 e. The van der Waals surface area contributed by atoms with E-state index in [1.54, 1.807) is 0 Å². The van der Waals surface area contributed by atoms with Crippen LogP contribution in [-0.2, 0) is 10.0 Å². The zero-order valence-corrected chi connectivity index (χ0v) is 13.5. The van der Waals surface area contributed by atoms with Gasteiger partial charge in [0, 0.05) is 11.1 Å². The predicted molar refractivity (Wildman–Crippen MR) is 81.7 cm³/mol. The zero-order chi connectivity index (χ0) is 17.2. The van der Waals surface area contributed by atoms with E-state index >= 15 is 0 Å². The standard InChI is InChI=1S/C12H9ClF2N2O4S2/c13-8-4-7(1-2-9(8)21-12(14)15)17-11(18)6-3-10(22-5-6)23(16,19)20/h1-5,12H,(H,17,18)(H2,16,19,20). The van der Waals surface area contributed by atoms with Gasteiger partial charge >= 0.3 is 6.61 Å². The van der Waals surface area contributed by atoms with Gasteiger partial charge in [-0.25, -0.2) is 13.6 Å². The molecule has 3 N–H and O–H groups in total. The molecule has 0 saturated carbocycles. The first-order valence-electron chi connectivity index (χ1n) is 5.84. The molecule has 0 radical (unpaired) electrons. The van der Waals surface area contributed by atoms with Gasteiger partial charge in [0.2, 0.25) is 10.0 Å². The average molecular weight is 383 g/mol. The van der Waals surface area contributed by atoms with Crippen LogP contribution in [0.15, 0.2) is 33.9 Å². The van der Waals surface area contributed by atoms with Crippen molar-refractivity contribution >= 4 is 44.6 Å². The summed E-state index contributed by atoms with van der Waals surface area (Å²) < 4.78 is 50.6. The van der Waals surface area contributed by atoms with Gasteiger partial charge in [-0.3, -0.25) is 4.79 Å². The Morgan fingerprint density at radius 3 is 2.57 bits per heavy atom. The number of rotatable bonds is 5. The van der Waals surface area contributed by atoms with Crippen LogP contribution in [0.3, 0.4) is 0 Å². The highest BCUT2D eigenvalue weighted by Crippen LogP contribution is 2.29. The van der Waals surface area contributed by atoms with Crippen molar-refractivity contribution < 1.29 is 26.7 Å². The summed E-state index contributed by atoms with van der Waals surface area (Å²) in [5.41, 5.74) is 0.313. The molecule has 0 saturated heterocycles. The number of amides is 1. The molecule has 0 spiro atoms. The Labute approximate surface area is 138 Å². The SMILES string of the molecule is NS(=O)(=O)c1cc(C(=O)Nc2ccc(OC(F)F)c(Cl)c2)cs1. The lowest BCUT2D eigenvalue weighted by atomic mass is 10.2. The van der Waals surface area contributed by atoms with Crippen LogP contribution in [0.1, 0.15) is 10.4 Å². The van der Waals surface area contributed by atoms with Crippen molar-refractivity contribution in [3.63, 3.8) is 0 Å². The van der Waals surface area contributed by atoms with E-state index in [-0.39, 0.29) is 26.2 Å². The summed E-state index contributed by atoms with van der Waals surface area (Å²) in [6.07, 6.45) is 0. The van der Waals surface area contributed by atoms with E-state index in [0.29, 0.717) is 0 Å². The van der Waals surface area contributed by atoms with Gasteiger partial charge in [-0.1, -0.05) is 11.6 Å². The minimum atomic E-state index is -3.88. The largest absolute Gasteiger partial charge is 0.433 e. The van der Waals surface area contributed by atoms with Gasteiger partial charge in [-0.15, -0.1) is 11.3 Å². The van der Waals surface area contributed by atoms with Crippen LogP contribution >= 0.6 is 22.9 Å². The Bertz CT molecular complexity index is 839. The molecule has 0 bridgehead atoms. The molecule has 23 heavy (non-hydrogen) atoms. The number of ether oxygens (including phenoxy) is 1. The molecular weight excluding hydrogens is 374 g/mol. The first-order valence-corrected chi connectivity index (χ1v) is 8.64. The molecule has 0 atom stereocenters. The van der Waals surface area contributed by atoms with E-state index < -0.39 is 22.5 Å². The average Bonchev–Trinajstić information content (AvgIpc) is 2.91. The van der Waals surface area contributed by atoms with Crippen molar-refractivity contribution in [2.75, 3.05) is 5.32 Å². The molecule has 0 aliphatic carbocycles. The lowest BCUT2D eigenvalue weighted by Crippen LogP contribution is -2.12. The van der Waals surface area contributed by atoms with E-state index in [1.807, 2.05) is 0 Å². The van der Waals surface area contributed by atoms with Crippen LogP contribution in [-0.4, -0.2) is 20.9 Å². The van der Waals surface area contributed by atoms with Crippen molar-refractivity contribution in [1.82, 2.24) is 0 Å². The molecule has 2 rings (SSSR count). The summed E-state index contributed by atoms with van der Waals surface area (Å²) in [4.78, 5) is 12.0. The highest BCUT2D eigenvalue weighted by Gasteiger charge is 2.16. The van der Waals surface area contributed by atoms with Gasteiger partial charge in [0.25, 0.3) is 5.91 Å². The number of hydrogen-bond donors (Lipinski definition) is 2. The summed E-state index contributed by atoms with van der Waals surface area (Å²) in [5.74, 6) is -0.832. The van der Waals surface area contributed by atoms with Crippen LogP contribution in [0.4, 0.5) is 14.5 Å². The lowest BCUT2D eigenvalue weighted by Gasteiger charge is -2.09. The van der Waals surface area contributed by atoms with Crippen molar-refractivity contribution in [3.05, 3.63) is 40.2 Å². The van der Waals surface area contributed by atoms with Crippen LogP contribution in [0.5, 0.6) is 5.75 Å². The number of nitrogens with two attached hydrogens (primary N) is 1. The predicted octanol–water partition coefficient (Wildman–Crippen LogP) is 2.90. The Hall–Kier alpha value is -1.75. The normalized spacial score (nSPS) is 11.5. The second-order valence-electron chi connectivity index (χ2n) is 4.18. The minimum absolute atomic E-state index is 0.0862. The molecule has 11 heteroatoms. The maximum atomic E-state index is 12.1. The monoisotopic (exact) mass is 382 g/mol. The van der Waals surface area contributed by atoms with Crippen molar-refractivity contribution in [2.24, 2.45) is 5.14 Å². The van der Waals surface area contributed by atoms with Crippen molar-refractivity contribution in [1.29, 1.82) is 0 Å². The number of benzene rings is 1. The summed E-state index contributed by atoms with van der Waals surface area (Å²) in [5, 5.41) is 8.62. The molecule has 0 fully saturated rings. The van der Waals surface area contributed by atoms with E-state index in [1.165, 1.54) is 23.6 Å². The molecule has 1 amide bonds. The third-order valence-corrected chi connectivity index (χ3v) is 5.21. The number of carbonyl (C=O) groups is 1. The Morgan fingerprint density at radius 1 is 1.35 bits per heavy atom. The highest BCUT2D eigenvalue weighted by molar-refractivity contribution is 7.91. The van der Waals surface area contributed by atoms with Crippen LogP contribution in [0.25, 0.3) is 0 Å². The molecule has 1 heterocycles. The maximum absolute atomic E-state index is 12.1. The second kappa shape index (κ2) is 6.79. The third kappa shape index (κ3) is 4.61. The summed E-state index contributed by atoms with van der Waals surface area (Å²) in [7, 11) is -3.88. The summed E-state index contributed by atoms with van der Waals surface area (Å²) >= 11 is 6.57. The van der Waals surface area contributed by atoms with Crippen molar-refractivity contribution in [3.8, 4) is 5.75 Å². The molecule has 6 nitrogen and oxygen atoms in total. The fraction of sp³-hybridized carbons (Fsp3) is 0.0833. The molecule has 0 aliphatic heterocycles. The topological polar surface area (TPSA) is 98.5 Å². The summed E-state index contributed by atoms with van der Waals surface area (Å²) in [6.45, 7) is -3.02. The molecule has 1 aromatic carbocycles. The van der Waals surface area contributed by atoms with Gasteiger partial charge < -0.3 is 10.1 Å². The molecule has 1 aromatic heterocycles. The number of anilines is 1. The first kappa shape index (κ1) is 17.6. The number of alkyl halides is 2. The van der Waals surface area contributed by atoms with Crippen LogP contribution in [0.2, 0.25) is 5.02 Å². The second-order valence-corrected chi connectivity index (χ2v) is 7.28. The van der Waals surface area contributed by atoms with Gasteiger partial charge in [0.1, 0.15) is 9.96 Å². The maximum Gasteiger partial charge on any atom is 0.387 e. The third-order valence-electron chi connectivity index (χ3n) is 2.52. The van der Waals surface area contributed by atoms with Crippen LogP contribution < -0.4 is 15.2 Å². The Kier molecular flexibility index (Phi) is 5.19. The first-order chi connectivity index (χ1) is 10.7. The Morgan fingerprint density at radius 2 is 2.04 bits per heavy atom. The number of primary sulfonamides is 1. The Balaban J connectivity index is 2.14. The molecule has 124 valence electrons. The molecule has 0 unspecified atom stereocenters. The van der Waals surface area contributed by atoms with Gasteiger partial charge in [-0.2, -0.15) is 8.78 Å². The number of sulfonamides is 1. The quantitative estimate of drug-likeness (QED) is 0.830. The number of nitrogens with one attached hydrogen (secondary N) is 1. The van der Waals surface area contributed by atoms with Gasteiger partial charge in [0.15, 0.2) is 0 Å². The highest BCUT2D eigenvalue weighted by atomic mass is 35.5. The number of carbonyl (C=O) groups excluding carboxylic acids is 1. The number of halogens is 3. The molecule has 2 aromatic rings. The lowest BCUT2D eigenvalue weighted by molar-refractivity contribution is -0.0497. The zero-order valence-electron chi connectivity index (χ0n) is 11.1. The van der Waals surface area contributed by atoms with Crippen LogP contribution in [0, 0.1) is 0 Å². The minimum Gasteiger partial charge on any atom is -0.433 e. The van der Waals surface area contributed by atoms with E-state index in [4.69, 9.17) is 16.7 Å². The van der Waals surface area contributed by atoms with E-state index in [2.05, 4.69) is 10.1 Å². The van der Waals surface area contributed by atoms with Gasteiger partial charge in [-0.05, 0) is 24.3 Å². The molecule has 0 aliphatic rings. The fourth-order valence-corrected chi connectivity index (χ4v) is 3.37. The number of thiophene rings is 1. The van der Waals surface area contributed by atoms with Crippen molar-refractivity contribution in [2.45, 2.75) is 10.8 Å². The van der Waals surface area contributed by atoms with Gasteiger partial charge in [0.05, 0.1) is 10.6 Å². The summed E-state index contributed by atoms with van der Waals surface area (Å²) in [6, 6.07) is 4.84. The number of hydrogen-bond acceptors (Lipinski definition) is 5.